The van der Waals surface area contributed by atoms with E-state index in [1.165, 1.54) is 0 Å². The van der Waals surface area contributed by atoms with E-state index in [9.17, 15) is 9.59 Å². The van der Waals surface area contributed by atoms with Gasteiger partial charge in [0.25, 0.3) is 0 Å². The highest BCUT2D eigenvalue weighted by atomic mass is 16.5. The van der Waals surface area contributed by atoms with Gasteiger partial charge in [-0.2, -0.15) is 0 Å². The minimum Gasteiger partial charge on any atom is -0.491 e. The molecule has 1 amide bonds. The Kier molecular flexibility index (Phi) is 7.45. The lowest BCUT2D eigenvalue weighted by atomic mass is 10.1. The predicted molar refractivity (Wildman–Crippen MR) is 100 cm³/mol. The zero-order valence-corrected chi connectivity index (χ0v) is 16.0. The van der Waals surface area contributed by atoms with Gasteiger partial charge in [-0.1, -0.05) is 12.1 Å². The van der Waals surface area contributed by atoms with E-state index in [0.29, 0.717) is 13.0 Å². The molecular formula is C20H30N2O4. The second kappa shape index (κ2) is 9.57. The Labute approximate surface area is 155 Å². The predicted octanol–water partition coefficient (Wildman–Crippen LogP) is 2.41. The summed E-state index contributed by atoms with van der Waals surface area (Å²) in [7, 11) is 1.84. The number of carbonyl (C=O) groups excluding carboxylic acids is 1. The molecule has 2 rings (SSSR count). The molecule has 1 unspecified atom stereocenters. The fourth-order valence-corrected chi connectivity index (χ4v) is 3.40. The Balaban J connectivity index is 1.91. The van der Waals surface area contributed by atoms with Gasteiger partial charge in [-0.05, 0) is 57.9 Å². The van der Waals surface area contributed by atoms with Crippen LogP contribution in [0.3, 0.4) is 0 Å². The maximum Gasteiger partial charge on any atom is 0.317 e. The van der Waals surface area contributed by atoms with E-state index < -0.39 is 5.97 Å². The molecule has 1 fully saturated rings. The summed E-state index contributed by atoms with van der Waals surface area (Å²) in [6, 6.07) is 7.92. The number of hydrogen-bond acceptors (Lipinski definition) is 4. The molecule has 1 aromatic carbocycles. The summed E-state index contributed by atoms with van der Waals surface area (Å²) in [6.07, 6.45) is 3.10. The van der Waals surface area contributed by atoms with E-state index in [0.717, 1.165) is 37.1 Å². The summed E-state index contributed by atoms with van der Waals surface area (Å²) in [6.45, 7) is 5.41. The quantitative estimate of drug-likeness (QED) is 0.807. The number of ether oxygens (including phenoxy) is 1. The smallest absolute Gasteiger partial charge is 0.317 e. The van der Waals surface area contributed by atoms with Crippen LogP contribution in [0, 0.1) is 0 Å². The van der Waals surface area contributed by atoms with E-state index in [1.807, 2.05) is 55.0 Å². The summed E-state index contributed by atoms with van der Waals surface area (Å²) in [4.78, 5) is 27.4. The van der Waals surface area contributed by atoms with Crippen LogP contribution in [-0.4, -0.2) is 65.6 Å². The van der Waals surface area contributed by atoms with Crippen molar-refractivity contribution in [2.75, 3.05) is 26.7 Å². The molecule has 6 nitrogen and oxygen atoms in total. The minimum absolute atomic E-state index is 0.0429. The summed E-state index contributed by atoms with van der Waals surface area (Å²) >= 11 is 0. The Morgan fingerprint density at radius 1 is 1.31 bits per heavy atom. The van der Waals surface area contributed by atoms with Crippen molar-refractivity contribution >= 4 is 11.9 Å². The molecule has 6 heteroatoms. The van der Waals surface area contributed by atoms with Crippen molar-refractivity contribution in [1.29, 1.82) is 0 Å². The number of hydrogen-bond donors (Lipinski definition) is 1. The first kappa shape index (κ1) is 20.2. The number of rotatable bonds is 7. The SMILES string of the molecule is CC(C)Oc1cccc(CC(=O)N2CCCC(N(C)CC(=O)O)CC2)c1. The third kappa shape index (κ3) is 6.33. The highest BCUT2D eigenvalue weighted by molar-refractivity contribution is 5.79. The molecule has 1 aromatic rings. The lowest BCUT2D eigenvalue weighted by Crippen LogP contribution is -2.37. The van der Waals surface area contributed by atoms with Crippen molar-refractivity contribution in [2.24, 2.45) is 0 Å². The Hall–Kier alpha value is -2.08. The van der Waals surface area contributed by atoms with E-state index >= 15 is 0 Å². The number of carboxylic acid groups (broad SMARTS) is 1. The fraction of sp³-hybridized carbons (Fsp3) is 0.600. The maximum atomic E-state index is 12.7. The molecule has 1 saturated heterocycles. The average Bonchev–Trinajstić information content (AvgIpc) is 2.80. The van der Waals surface area contributed by atoms with Gasteiger partial charge in [-0.3, -0.25) is 14.5 Å². The summed E-state index contributed by atoms with van der Waals surface area (Å²) in [5.41, 5.74) is 0.956. The number of carboxylic acids is 1. The lowest BCUT2D eigenvalue weighted by Gasteiger charge is -2.25. The van der Waals surface area contributed by atoms with E-state index in [1.54, 1.807) is 0 Å². The van der Waals surface area contributed by atoms with Crippen LogP contribution in [0.1, 0.15) is 38.7 Å². The molecule has 1 atom stereocenters. The van der Waals surface area contributed by atoms with Crippen molar-refractivity contribution in [3.63, 3.8) is 0 Å². The molecule has 0 saturated carbocycles. The first-order valence-electron chi connectivity index (χ1n) is 9.30. The average molecular weight is 362 g/mol. The summed E-state index contributed by atoms with van der Waals surface area (Å²) in [5, 5.41) is 8.95. The van der Waals surface area contributed by atoms with Crippen molar-refractivity contribution in [2.45, 2.75) is 51.7 Å². The molecule has 0 bridgehead atoms. The highest BCUT2D eigenvalue weighted by Gasteiger charge is 2.24. The lowest BCUT2D eigenvalue weighted by molar-refractivity contribution is -0.138. The van der Waals surface area contributed by atoms with Gasteiger partial charge in [0.15, 0.2) is 0 Å². The van der Waals surface area contributed by atoms with Crippen LogP contribution in [0.15, 0.2) is 24.3 Å². The zero-order valence-electron chi connectivity index (χ0n) is 16.0. The number of benzene rings is 1. The van der Waals surface area contributed by atoms with Gasteiger partial charge in [0.2, 0.25) is 5.91 Å². The van der Waals surface area contributed by atoms with Crippen molar-refractivity contribution in [3.8, 4) is 5.75 Å². The summed E-state index contributed by atoms with van der Waals surface area (Å²) in [5.74, 6) is 0.0953. The van der Waals surface area contributed by atoms with Crippen LogP contribution >= 0.6 is 0 Å². The zero-order chi connectivity index (χ0) is 19.1. The van der Waals surface area contributed by atoms with Gasteiger partial charge >= 0.3 is 5.97 Å². The van der Waals surface area contributed by atoms with Crippen LogP contribution in [0.4, 0.5) is 0 Å². The van der Waals surface area contributed by atoms with Gasteiger partial charge in [-0.15, -0.1) is 0 Å². The van der Waals surface area contributed by atoms with Gasteiger partial charge in [0, 0.05) is 19.1 Å². The molecular weight excluding hydrogens is 332 g/mol. The third-order valence-corrected chi connectivity index (χ3v) is 4.68. The van der Waals surface area contributed by atoms with E-state index in [2.05, 4.69) is 0 Å². The number of carbonyl (C=O) groups is 2. The molecule has 26 heavy (non-hydrogen) atoms. The molecule has 1 heterocycles. The minimum atomic E-state index is -0.812. The first-order chi connectivity index (χ1) is 12.3. The van der Waals surface area contributed by atoms with Crippen LogP contribution in [-0.2, 0) is 16.0 Å². The monoisotopic (exact) mass is 362 g/mol. The first-order valence-corrected chi connectivity index (χ1v) is 9.30. The standard InChI is InChI=1S/C20H30N2O4/c1-15(2)26-18-8-4-6-16(12-18)13-19(23)22-10-5-7-17(9-11-22)21(3)14-20(24)25/h4,6,8,12,15,17H,5,7,9-11,13-14H2,1-3H3,(H,24,25). The molecule has 0 spiro atoms. The van der Waals surface area contributed by atoms with Crippen LogP contribution < -0.4 is 4.74 Å². The van der Waals surface area contributed by atoms with Crippen molar-refractivity contribution in [3.05, 3.63) is 29.8 Å². The Bertz CT molecular complexity index is 618. The van der Waals surface area contributed by atoms with Gasteiger partial charge < -0.3 is 14.7 Å². The van der Waals surface area contributed by atoms with Crippen LogP contribution in [0.2, 0.25) is 0 Å². The van der Waals surface area contributed by atoms with Crippen LogP contribution in [0.25, 0.3) is 0 Å². The Morgan fingerprint density at radius 2 is 2.08 bits per heavy atom. The second-order valence-electron chi connectivity index (χ2n) is 7.27. The number of likely N-dealkylation sites (N-methyl/N-ethyl adjacent to an activating group) is 1. The summed E-state index contributed by atoms with van der Waals surface area (Å²) < 4.78 is 5.70. The Morgan fingerprint density at radius 3 is 2.77 bits per heavy atom. The normalized spacial score (nSPS) is 18.0. The van der Waals surface area contributed by atoms with Crippen molar-refractivity contribution < 1.29 is 19.4 Å². The van der Waals surface area contributed by atoms with E-state index in [4.69, 9.17) is 9.84 Å². The van der Waals surface area contributed by atoms with Crippen LogP contribution in [0.5, 0.6) is 5.75 Å². The fourth-order valence-electron chi connectivity index (χ4n) is 3.40. The van der Waals surface area contributed by atoms with Gasteiger partial charge in [0.05, 0.1) is 19.1 Å². The molecule has 1 aliphatic heterocycles. The number of amides is 1. The largest absolute Gasteiger partial charge is 0.491 e. The third-order valence-electron chi connectivity index (χ3n) is 4.68. The molecule has 0 aliphatic carbocycles. The van der Waals surface area contributed by atoms with Crippen molar-refractivity contribution in [1.82, 2.24) is 9.80 Å². The second-order valence-corrected chi connectivity index (χ2v) is 7.27. The highest BCUT2D eigenvalue weighted by Crippen LogP contribution is 2.19. The molecule has 144 valence electrons. The van der Waals surface area contributed by atoms with Gasteiger partial charge in [0.1, 0.15) is 5.75 Å². The molecule has 0 aromatic heterocycles. The number of likely N-dealkylation sites (tertiary alicyclic amines) is 1. The van der Waals surface area contributed by atoms with Gasteiger partial charge in [-0.25, -0.2) is 0 Å². The maximum absolute atomic E-state index is 12.7. The molecule has 0 radical (unpaired) electrons. The molecule has 1 aliphatic rings. The van der Waals surface area contributed by atoms with E-state index in [-0.39, 0.29) is 24.6 Å². The molecule has 1 N–H and O–H groups in total. The number of nitrogens with zero attached hydrogens (tertiary/aromatic N) is 2. The topological polar surface area (TPSA) is 70.1 Å². The number of aliphatic carboxylic acids is 1.